The number of hydrogen-bond donors (Lipinski definition) is 2. The minimum atomic E-state index is -3.75. The Bertz CT molecular complexity index is 908. The zero-order valence-corrected chi connectivity index (χ0v) is 16.3. The third kappa shape index (κ3) is 4.40. The van der Waals surface area contributed by atoms with Crippen LogP contribution in [-0.4, -0.2) is 59.5 Å². The molecule has 0 bridgehead atoms. The van der Waals surface area contributed by atoms with Crippen molar-refractivity contribution in [3.63, 3.8) is 0 Å². The summed E-state index contributed by atoms with van der Waals surface area (Å²) >= 11 is 0. The van der Waals surface area contributed by atoms with Crippen molar-refractivity contribution in [2.45, 2.75) is 4.90 Å². The number of nitrogens with one attached hydrogen (secondary N) is 2. The van der Waals surface area contributed by atoms with Crippen LogP contribution in [0.3, 0.4) is 0 Å². The molecule has 0 spiro atoms. The van der Waals surface area contributed by atoms with Gasteiger partial charge >= 0.3 is 0 Å². The van der Waals surface area contributed by atoms with Crippen LogP contribution in [-0.2, 0) is 10.0 Å². The lowest BCUT2D eigenvalue weighted by molar-refractivity contribution is 0.0827. The molecule has 0 atom stereocenters. The molecule has 1 amide bonds. The fraction of sp³-hybridized carbons (Fsp3) is 0.316. The summed E-state index contributed by atoms with van der Waals surface area (Å²) in [6.07, 6.45) is 0. The first-order valence-corrected chi connectivity index (χ1v) is 10.3. The maximum Gasteiger partial charge on any atom is 0.261 e. The van der Waals surface area contributed by atoms with Crippen molar-refractivity contribution in [1.29, 1.82) is 0 Å². The zero-order chi connectivity index (χ0) is 19.4. The average Bonchev–Trinajstić information content (AvgIpc) is 2.68. The Morgan fingerprint density at radius 2 is 1.74 bits per heavy atom. The van der Waals surface area contributed by atoms with Crippen molar-refractivity contribution in [3.05, 3.63) is 54.1 Å². The Hall–Kier alpha value is -2.58. The highest BCUT2D eigenvalue weighted by atomic mass is 32.2. The van der Waals surface area contributed by atoms with Gasteiger partial charge < -0.3 is 15.1 Å². The van der Waals surface area contributed by atoms with E-state index in [0.29, 0.717) is 11.3 Å². The molecule has 1 fully saturated rings. The monoisotopic (exact) mass is 388 g/mol. The molecule has 3 rings (SSSR count). The van der Waals surface area contributed by atoms with E-state index >= 15 is 0 Å². The third-order valence-electron chi connectivity index (χ3n) is 4.41. The smallest absolute Gasteiger partial charge is 0.261 e. The Kier molecular flexibility index (Phi) is 5.67. The van der Waals surface area contributed by atoms with Crippen LogP contribution >= 0.6 is 0 Å². The highest BCUT2D eigenvalue weighted by Gasteiger charge is 2.21. The number of carbonyl (C=O) groups excluding carboxylic acids is 1. The number of rotatable bonds is 5. The van der Waals surface area contributed by atoms with E-state index in [-0.39, 0.29) is 10.8 Å². The van der Waals surface area contributed by atoms with Crippen molar-refractivity contribution in [1.82, 2.24) is 10.2 Å². The van der Waals surface area contributed by atoms with Crippen molar-refractivity contribution in [3.8, 4) is 0 Å². The first kappa shape index (κ1) is 19.2. The van der Waals surface area contributed by atoms with Crippen LogP contribution < -0.4 is 14.9 Å². The van der Waals surface area contributed by atoms with Gasteiger partial charge in [0.1, 0.15) is 0 Å². The van der Waals surface area contributed by atoms with Crippen LogP contribution in [0.5, 0.6) is 0 Å². The molecule has 7 nitrogen and oxygen atoms in total. The lowest BCUT2D eigenvalue weighted by Crippen LogP contribution is -2.43. The second kappa shape index (κ2) is 7.98. The number of sulfonamides is 1. The number of hydrogen-bond acceptors (Lipinski definition) is 5. The van der Waals surface area contributed by atoms with E-state index in [9.17, 15) is 13.2 Å². The fourth-order valence-electron chi connectivity index (χ4n) is 2.99. The van der Waals surface area contributed by atoms with Gasteiger partial charge in [0, 0.05) is 45.8 Å². The lowest BCUT2D eigenvalue weighted by Gasteiger charge is -2.31. The summed E-state index contributed by atoms with van der Waals surface area (Å²) in [7, 11) is -0.420. The van der Waals surface area contributed by atoms with Crippen LogP contribution in [0, 0.1) is 0 Å². The van der Waals surface area contributed by atoms with E-state index in [1.165, 1.54) is 4.90 Å². The molecule has 0 aliphatic carbocycles. The summed E-state index contributed by atoms with van der Waals surface area (Å²) in [5.74, 6) is -0.179. The number of piperazine rings is 1. The normalized spacial score (nSPS) is 14.7. The maximum atomic E-state index is 12.8. The van der Waals surface area contributed by atoms with E-state index in [4.69, 9.17) is 0 Å². The van der Waals surface area contributed by atoms with Crippen LogP contribution in [0.4, 0.5) is 11.4 Å². The minimum absolute atomic E-state index is 0.179. The number of anilines is 2. The molecular formula is C19H24N4O3S. The summed E-state index contributed by atoms with van der Waals surface area (Å²) in [5.41, 5.74) is 1.62. The van der Waals surface area contributed by atoms with Gasteiger partial charge in [-0.15, -0.1) is 0 Å². The Morgan fingerprint density at radius 1 is 1.07 bits per heavy atom. The van der Waals surface area contributed by atoms with E-state index in [1.54, 1.807) is 56.6 Å². The molecule has 144 valence electrons. The molecule has 0 unspecified atom stereocenters. The molecule has 0 aromatic heterocycles. The fourth-order valence-corrected chi connectivity index (χ4v) is 4.08. The average molecular weight is 388 g/mol. The van der Waals surface area contributed by atoms with Crippen LogP contribution in [0.15, 0.2) is 53.4 Å². The van der Waals surface area contributed by atoms with Gasteiger partial charge in [-0.3, -0.25) is 9.52 Å². The highest BCUT2D eigenvalue weighted by Crippen LogP contribution is 2.30. The summed E-state index contributed by atoms with van der Waals surface area (Å²) in [4.78, 5) is 16.1. The van der Waals surface area contributed by atoms with Crippen LogP contribution in [0.1, 0.15) is 10.4 Å². The van der Waals surface area contributed by atoms with Gasteiger partial charge in [0.05, 0.1) is 16.3 Å². The summed E-state index contributed by atoms with van der Waals surface area (Å²) in [6.45, 7) is 3.18. The predicted octanol–water partition coefficient (Wildman–Crippen LogP) is 1.60. The predicted molar refractivity (Wildman–Crippen MR) is 107 cm³/mol. The SMILES string of the molecule is CN(C)C(=O)c1ccc(N2CCNCC2)c(NS(=O)(=O)c2ccccc2)c1. The van der Waals surface area contributed by atoms with Gasteiger partial charge in [0.15, 0.2) is 0 Å². The van der Waals surface area contributed by atoms with Crippen molar-refractivity contribution < 1.29 is 13.2 Å². The summed E-state index contributed by atoms with van der Waals surface area (Å²) in [6, 6.07) is 13.4. The largest absolute Gasteiger partial charge is 0.367 e. The first-order valence-electron chi connectivity index (χ1n) is 8.78. The van der Waals surface area contributed by atoms with Crippen molar-refractivity contribution in [2.24, 2.45) is 0 Å². The second-order valence-corrected chi connectivity index (χ2v) is 8.27. The zero-order valence-electron chi connectivity index (χ0n) is 15.5. The summed E-state index contributed by atoms with van der Waals surface area (Å²) in [5, 5.41) is 3.28. The number of benzene rings is 2. The first-order chi connectivity index (χ1) is 12.9. The molecule has 1 heterocycles. The minimum Gasteiger partial charge on any atom is -0.367 e. The van der Waals surface area contributed by atoms with Gasteiger partial charge in [0.2, 0.25) is 0 Å². The Balaban J connectivity index is 2.01. The lowest BCUT2D eigenvalue weighted by atomic mass is 10.1. The number of amides is 1. The van der Waals surface area contributed by atoms with Crippen molar-refractivity contribution in [2.75, 3.05) is 49.9 Å². The van der Waals surface area contributed by atoms with Gasteiger partial charge in [-0.05, 0) is 30.3 Å². The van der Waals surface area contributed by atoms with Gasteiger partial charge in [-0.25, -0.2) is 8.42 Å². The molecule has 2 aromatic carbocycles. The third-order valence-corrected chi connectivity index (χ3v) is 5.79. The Morgan fingerprint density at radius 3 is 2.37 bits per heavy atom. The number of nitrogens with zero attached hydrogens (tertiary/aromatic N) is 2. The van der Waals surface area contributed by atoms with Crippen LogP contribution in [0.25, 0.3) is 0 Å². The second-order valence-electron chi connectivity index (χ2n) is 6.59. The molecule has 2 N–H and O–H groups in total. The molecule has 0 saturated carbocycles. The number of carbonyl (C=O) groups is 1. The Labute approximate surface area is 160 Å². The molecule has 8 heteroatoms. The van der Waals surface area contributed by atoms with E-state index in [0.717, 1.165) is 31.9 Å². The van der Waals surface area contributed by atoms with Gasteiger partial charge in [0.25, 0.3) is 15.9 Å². The maximum absolute atomic E-state index is 12.8. The van der Waals surface area contributed by atoms with Crippen molar-refractivity contribution >= 4 is 27.3 Å². The van der Waals surface area contributed by atoms with Crippen LogP contribution in [0.2, 0.25) is 0 Å². The van der Waals surface area contributed by atoms with E-state index in [2.05, 4.69) is 14.9 Å². The van der Waals surface area contributed by atoms with Gasteiger partial charge in [-0.1, -0.05) is 18.2 Å². The molecule has 1 aliphatic rings. The molecule has 27 heavy (non-hydrogen) atoms. The molecule has 1 aliphatic heterocycles. The summed E-state index contributed by atoms with van der Waals surface area (Å²) < 4.78 is 28.3. The van der Waals surface area contributed by atoms with E-state index < -0.39 is 10.0 Å². The molecule has 0 radical (unpaired) electrons. The standard InChI is InChI=1S/C19H24N4O3S/c1-22(2)19(24)15-8-9-18(23-12-10-20-11-13-23)17(14-15)21-27(25,26)16-6-4-3-5-7-16/h3-9,14,20-21H,10-13H2,1-2H3. The highest BCUT2D eigenvalue weighted by molar-refractivity contribution is 7.92. The molecule has 2 aromatic rings. The topological polar surface area (TPSA) is 81.8 Å². The quantitative estimate of drug-likeness (QED) is 0.813. The molecular weight excluding hydrogens is 364 g/mol. The van der Waals surface area contributed by atoms with Gasteiger partial charge in [-0.2, -0.15) is 0 Å². The molecule has 1 saturated heterocycles. The van der Waals surface area contributed by atoms with E-state index in [1.807, 2.05) is 6.07 Å².